The average molecular weight is 383 g/mol. The summed E-state index contributed by atoms with van der Waals surface area (Å²) in [6, 6.07) is 15.8. The van der Waals surface area contributed by atoms with E-state index >= 15 is 0 Å². The summed E-state index contributed by atoms with van der Waals surface area (Å²) in [6.07, 6.45) is 0.633. The van der Waals surface area contributed by atoms with E-state index in [9.17, 15) is 0 Å². The topological polar surface area (TPSA) is 70.1 Å². The van der Waals surface area contributed by atoms with Crippen LogP contribution in [0.3, 0.4) is 0 Å². The van der Waals surface area contributed by atoms with E-state index in [4.69, 9.17) is 16.7 Å². The van der Waals surface area contributed by atoms with Gasteiger partial charge < -0.3 is 15.7 Å². The van der Waals surface area contributed by atoms with E-state index in [0.29, 0.717) is 29.8 Å². The Balaban J connectivity index is 1.99. The van der Waals surface area contributed by atoms with Crippen LogP contribution in [-0.4, -0.2) is 28.2 Å². The van der Waals surface area contributed by atoms with E-state index in [1.807, 2.05) is 62.4 Å². The molecule has 6 heteroatoms. The lowest BCUT2D eigenvalue weighted by atomic mass is 10.1. The van der Waals surface area contributed by atoms with Gasteiger partial charge in [-0.2, -0.15) is 4.98 Å². The van der Waals surface area contributed by atoms with Crippen molar-refractivity contribution in [3.63, 3.8) is 0 Å². The third-order valence-corrected chi connectivity index (χ3v) is 4.68. The third-order valence-electron chi connectivity index (χ3n) is 4.27. The monoisotopic (exact) mass is 382 g/mol. The van der Waals surface area contributed by atoms with Gasteiger partial charge in [0.05, 0.1) is 5.69 Å². The van der Waals surface area contributed by atoms with Crippen LogP contribution in [0.25, 0.3) is 11.3 Å². The normalized spacial score (nSPS) is 10.7. The molecule has 0 radical (unpaired) electrons. The van der Waals surface area contributed by atoms with Crippen LogP contribution in [0.2, 0.25) is 5.02 Å². The first-order valence-electron chi connectivity index (χ1n) is 8.90. The molecule has 0 aliphatic carbocycles. The Labute approximate surface area is 164 Å². The van der Waals surface area contributed by atoms with Gasteiger partial charge in [0.15, 0.2) is 0 Å². The summed E-state index contributed by atoms with van der Waals surface area (Å²) in [6.45, 7) is 4.74. The first-order chi connectivity index (χ1) is 13.1. The van der Waals surface area contributed by atoms with Crippen molar-refractivity contribution < 1.29 is 5.11 Å². The van der Waals surface area contributed by atoms with Gasteiger partial charge in [0, 0.05) is 35.5 Å². The molecule has 3 N–H and O–H groups in total. The van der Waals surface area contributed by atoms with Crippen molar-refractivity contribution in [3.05, 3.63) is 64.7 Å². The predicted molar refractivity (Wildman–Crippen MR) is 112 cm³/mol. The second-order valence-corrected chi connectivity index (χ2v) is 6.73. The molecule has 0 saturated carbocycles. The number of hydrogen-bond acceptors (Lipinski definition) is 5. The van der Waals surface area contributed by atoms with Crippen molar-refractivity contribution in [3.8, 4) is 11.3 Å². The Bertz CT molecular complexity index is 916. The highest BCUT2D eigenvalue weighted by molar-refractivity contribution is 6.31. The van der Waals surface area contributed by atoms with Crippen molar-refractivity contribution in [2.75, 3.05) is 23.8 Å². The lowest BCUT2D eigenvalue weighted by Gasteiger charge is -2.15. The lowest BCUT2D eigenvalue weighted by Crippen LogP contribution is -2.09. The molecule has 2 aromatic carbocycles. The van der Waals surface area contributed by atoms with Gasteiger partial charge in [-0.05, 0) is 37.5 Å². The Morgan fingerprint density at radius 3 is 2.56 bits per heavy atom. The lowest BCUT2D eigenvalue weighted by molar-refractivity contribution is 0.292. The van der Waals surface area contributed by atoms with Gasteiger partial charge in [-0.15, -0.1) is 0 Å². The zero-order valence-corrected chi connectivity index (χ0v) is 16.2. The number of anilines is 3. The molecule has 3 aromatic rings. The molecule has 0 aliphatic heterocycles. The molecule has 0 bridgehead atoms. The molecule has 140 valence electrons. The van der Waals surface area contributed by atoms with E-state index < -0.39 is 0 Å². The van der Waals surface area contributed by atoms with Crippen LogP contribution in [0, 0.1) is 13.8 Å². The summed E-state index contributed by atoms with van der Waals surface area (Å²) < 4.78 is 0. The van der Waals surface area contributed by atoms with Gasteiger partial charge in [-0.3, -0.25) is 0 Å². The molecular formula is C21H23ClN4O. The third kappa shape index (κ3) is 4.76. The zero-order valence-electron chi connectivity index (χ0n) is 15.5. The van der Waals surface area contributed by atoms with Crippen LogP contribution in [0.15, 0.2) is 48.5 Å². The molecule has 5 nitrogen and oxygen atoms in total. The number of nitrogens with one attached hydrogen (secondary N) is 2. The summed E-state index contributed by atoms with van der Waals surface area (Å²) in [5, 5.41) is 16.3. The van der Waals surface area contributed by atoms with Crippen molar-refractivity contribution in [2.45, 2.75) is 20.3 Å². The number of hydrogen-bond donors (Lipinski definition) is 3. The number of rotatable bonds is 7. The molecule has 1 aromatic heterocycles. The van der Waals surface area contributed by atoms with Crippen LogP contribution in [0.1, 0.15) is 17.5 Å². The second kappa shape index (κ2) is 8.84. The largest absolute Gasteiger partial charge is 0.396 e. The molecule has 0 amide bonds. The van der Waals surface area contributed by atoms with Gasteiger partial charge in [0.1, 0.15) is 5.82 Å². The van der Waals surface area contributed by atoms with Crippen molar-refractivity contribution in [2.24, 2.45) is 0 Å². The quantitative estimate of drug-likeness (QED) is 0.504. The van der Waals surface area contributed by atoms with E-state index in [2.05, 4.69) is 20.6 Å². The van der Waals surface area contributed by atoms with Crippen LogP contribution in [0.5, 0.6) is 0 Å². The highest BCUT2D eigenvalue weighted by atomic mass is 35.5. The minimum absolute atomic E-state index is 0.122. The first kappa shape index (κ1) is 19.1. The Hall–Kier alpha value is -2.63. The number of aryl methyl sites for hydroxylation is 1. The summed E-state index contributed by atoms with van der Waals surface area (Å²) in [5.74, 6) is 1.20. The number of nitrogens with zero attached hydrogens (tertiary/aromatic N) is 2. The predicted octanol–water partition coefficient (Wildman–Crippen LogP) is 4.95. The van der Waals surface area contributed by atoms with E-state index in [1.165, 1.54) is 0 Å². The second-order valence-electron chi connectivity index (χ2n) is 6.32. The Kier molecular flexibility index (Phi) is 6.27. The standard InChI is InChI=1S/C21H23ClN4O/c1-14-9-10-17(22)15(2)20(14)25-19-13-18(16-7-4-3-5-8-16)24-21(26-19)23-11-6-12-27/h3-5,7-10,13,27H,6,11-12H2,1-2H3,(H2,23,24,25,26). The van der Waals surface area contributed by atoms with E-state index in [0.717, 1.165) is 28.1 Å². The fourth-order valence-electron chi connectivity index (χ4n) is 2.77. The maximum absolute atomic E-state index is 9.01. The highest BCUT2D eigenvalue weighted by Gasteiger charge is 2.11. The first-order valence-corrected chi connectivity index (χ1v) is 9.28. The Morgan fingerprint density at radius 2 is 1.81 bits per heavy atom. The minimum atomic E-state index is 0.122. The molecule has 0 aliphatic rings. The summed E-state index contributed by atoms with van der Waals surface area (Å²) in [7, 11) is 0. The van der Waals surface area contributed by atoms with E-state index in [1.54, 1.807) is 0 Å². The number of benzene rings is 2. The van der Waals surface area contributed by atoms with Crippen LogP contribution >= 0.6 is 11.6 Å². The zero-order chi connectivity index (χ0) is 19.2. The highest BCUT2D eigenvalue weighted by Crippen LogP contribution is 2.30. The van der Waals surface area contributed by atoms with Crippen molar-refractivity contribution in [1.29, 1.82) is 0 Å². The van der Waals surface area contributed by atoms with Crippen molar-refractivity contribution >= 4 is 29.1 Å². The molecule has 0 unspecified atom stereocenters. The maximum atomic E-state index is 9.01. The molecular weight excluding hydrogens is 360 g/mol. The summed E-state index contributed by atoms with van der Waals surface area (Å²) in [4.78, 5) is 9.19. The molecule has 1 heterocycles. The number of aliphatic hydroxyl groups is 1. The number of halogens is 1. The van der Waals surface area contributed by atoms with Gasteiger partial charge in [-0.1, -0.05) is 48.0 Å². The Morgan fingerprint density at radius 1 is 1.04 bits per heavy atom. The molecule has 0 saturated heterocycles. The van der Waals surface area contributed by atoms with Gasteiger partial charge in [0.25, 0.3) is 0 Å². The van der Waals surface area contributed by atoms with Gasteiger partial charge >= 0.3 is 0 Å². The fraction of sp³-hybridized carbons (Fsp3) is 0.238. The van der Waals surface area contributed by atoms with Gasteiger partial charge in [0.2, 0.25) is 5.95 Å². The smallest absolute Gasteiger partial charge is 0.225 e. The van der Waals surface area contributed by atoms with Crippen molar-refractivity contribution in [1.82, 2.24) is 9.97 Å². The fourth-order valence-corrected chi connectivity index (χ4v) is 2.93. The average Bonchev–Trinajstić information content (AvgIpc) is 2.69. The maximum Gasteiger partial charge on any atom is 0.225 e. The van der Waals surface area contributed by atoms with Crippen LogP contribution < -0.4 is 10.6 Å². The molecule has 0 fully saturated rings. The molecule has 3 rings (SSSR count). The van der Waals surface area contributed by atoms with Crippen LogP contribution in [-0.2, 0) is 0 Å². The summed E-state index contributed by atoms with van der Waals surface area (Å²) >= 11 is 6.29. The molecule has 0 atom stereocenters. The van der Waals surface area contributed by atoms with E-state index in [-0.39, 0.29) is 6.61 Å². The van der Waals surface area contributed by atoms with Gasteiger partial charge in [-0.25, -0.2) is 4.98 Å². The molecule has 0 spiro atoms. The van der Waals surface area contributed by atoms with Crippen LogP contribution in [0.4, 0.5) is 17.5 Å². The summed E-state index contributed by atoms with van der Waals surface area (Å²) in [5.41, 5.74) is 4.84. The molecule has 27 heavy (non-hydrogen) atoms. The number of aromatic nitrogens is 2. The minimum Gasteiger partial charge on any atom is -0.396 e. The number of aliphatic hydroxyl groups excluding tert-OH is 1. The SMILES string of the molecule is Cc1ccc(Cl)c(C)c1Nc1cc(-c2ccccc2)nc(NCCCO)n1.